The fraction of sp³-hybridized carbons (Fsp3) is 0.478. The summed E-state index contributed by atoms with van der Waals surface area (Å²) in [6.07, 6.45) is 2.98. The fourth-order valence-electron chi connectivity index (χ4n) is 4.11. The minimum atomic E-state index is -0.307. The Bertz CT molecular complexity index is 793. The lowest BCUT2D eigenvalue weighted by Crippen LogP contribution is -2.38. The molecule has 6 heteroatoms. The molecule has 0 unspecified atom stereocenters. The van der Waals surface area contributed by atoms with Gasteiger partial charge in [-0.3, -0.25) is 14.5 Å². The number of likely N-dealkylation sites (tertiary alicyclic amines) is 1. The molecule has 1 aromatic carbocycles. The van der Waals surface area contributed by atoms with Crippen LogP contribution in [0.25, 0.3) is 0 Å². The molecular formula is C23H31N3O3. The maximum absolute atomic E-state index is 12.2. The summed E-state index contributed by atoms with van der Waals surface area (Å²) in [6, 6.07) is 11.5. The van der Waals surface area contributed by atoms with Gasteiger partial charge in [-0.15, -0.1) is 0 Å². The molecule has 29 heavy (non-hydrogen) atoms. The van der Waals surface area contributed by atoms with Crippen LogP contribution in [0.15, 0.2) is 47.1 Å². The van der Waals surface area contributed by atoms with Gasteiger partial charge in [-0.1, -0.05) is 38.1 Å². The standard InChI is InChI=1S/C23H31N3O3/c1-17-12-18(2)15-26(14-17)16-20-7-4-3-6-19(20)13-25-22(27)9-10-24-23(28)21-8-5-11-29-21/h3-8,11,17-18H,9-10,12-16H2,1-2H3,(H,24,28)(H,25,27)/t17-,18-/m1/s1. The number of furan rings is 1. The van der Waals surface area contributed by atoms with Gasteiger partial charge in [-0.05, 0) is 41.5 Å². The number of hydrogen-bond acceptors (Lipinski definition) is 4. The van der Waals surface area contributed by atoms with Gasteiger partial charge in [0, 0.05) is 39.1 Å². The van der Waals surface area contributed by atoms with E-state index in [1.165, 1.54) is 18.2 Å². The second-order valence-corrected chi connectivity index (χ2v) is 8.17. The Hall–Kier alpha value is -2.60. The topological polar surface area (TPSA) is 74.6 Å². The zero-order chi connectivity index (χ0) is 20.6. The van der Waals surface area contributed by atoms with Crippen LogP contribution in [0.4, 0.5) is 0 Å². The quantitative estimate of drug-likeness (QED) is 0.717. The summed E-state index contributed by atoms with van der Waals surface area (Å²) in [5.41, 5.74) is 2.41. The van der Waals surface area contributed by atoms with Gasteiger partial charge in [0.05, 0.1) is 6.26 Å². The molecule has 6 nitrogen and oxygen atoms in total. The summed E-state index contributed by atoms with van der Waals surface area (Å²) < 4.78 is 5.03. The molecule has 1 aromatic heterocycles. The van der Waals surface area contributed by atoms with Gasteiger partial charge >= 0.3 is 0 Å². The van der Waals surface area contributed by atoms with Crippen molar-refractivity contribution in [3.05, 3.63) is 59.5 Å². The predicted octanol–water partition coefficient (Wildman–Crippen LogP) is 3.19. The van der Waals surface area contributed by atoms with E-state index >= 15 is 0 Å². The number of carbonyl (C=O) groups is 2. The number of carbonyl (C=O) groups excluding carboxylic acids is 2. The Morgan fingerprint density at radius 1 is 1.03 bits per heavy atom. The van der Waals surface area contributed by atoms with Gasteiger partial charge in [0.15, 0.2) is 5.76 Å². The number of amides is 2. The molecule has 2 N–H and O–H groups in total. The van der Waals surface area contributed by atoms with E-state index in [-0.39, 0.29) is 30.5 Å². The van der Waals surface area contributed by atoms with Crippen molar-refractivity contribution in [3.8, 4) is 0 Å². The van der Waals surface area contributed by atoms with Crippen LogP contribution < -0.4 is 10.6 Å². The summed E-state index contributed by atoms with van der Waals surface area (Å²) in [4.78, 5) is 26.5. The predicted molar refractivity (Wildman–Crippen MR) is 112 cm³/mol. The third kappa shape index (κ3) is 6.46. The first-order valence-electron chi connectivity index (χ1n) is 10.4. The molecule has 156 valence electrons. The molecule has 2 atom stereocenters. The number of nitrogens with one attached hydrogen (secondary N) is 2. The third-order valence-corrected chi connectivity index (χ3v) is 5.32. The molecule has 0 bridgehead atoms. The molecule has 3 rings (SSSR count). The monoisotopic (exact) mass is 397 g/mol. The second-order valence-electron chi connectivity index (χ2n) is 8.17. The molecule has 0 radical (unpaired) electrons. The van der Waals surface area contributed by atoms with E-state index < -0.39 is 0 Å². The van der Waals surface area contributed by atoms with Crippen LogP contribution in [0.3, 0.4) is 0 Å². The van der Waals surface area contributed by atoms with Crippen molar-refractivity contribution < 1.29 is 14.0 Å². The Balaban J connectivity index is 1.45. The zero-order valence-corrected chi connectivity index (χ0v) is 17.3. The maximum atomic E-state index is 12.2. The second kappa shape index (κ2) is 10.3. The van der Waals surface area contributed by atoms with Crippen LogP contribution in [0.5, 0.6) is 0 Å². The Morgan fingerprint density at radius 3 is 2.45 bits per heavy atom. The van der Waals surface area contributed by atoms with Crippen LogP contribution >= 0.6 is 0 Å². The smallest absolute Gasteiger partial charge is 0.286 e. The number of benzene rings is 1. The lowest BCUT2D eigenvalue weighted by molar-refractivity contribution is -0.121. The molecular weight excluding hydrogens is 366 g/mol. The van der Waals surface area contributed by atoms with Crippen LogP contribution in [0, 0.1) is 11.8 Å². The molecule has 0 saturated carbocycles. The SMILES string of the molecule is C[C@@H]1C[C@@H](C)CN(Cc2ccccc2CNC(=O)CCNC(=O)c2ccco2)C1. The summed E-state index contributed by atoms with van der Waals surface area (Å²) in [5, 5.41) is 5.66. The van der Waals surface area contributed by atoms with E-state index in [0.29, 0.717) is 6.54 Å². The highest BCUT2D eigenvalue weighted by Gasteiger charge is 2.22. The fourth-order valence-corrected chi connectivity index (χ4v) is 4.11. The van der Waals surface area contributed by atoms with Crippen molar-refractivity contribution >= 4 is 11.8 Å². The highest BCUT2D eigenvalue weighted by molar-refractivity contribution is 5.91. The Morgan fingerprint density at radius 2 is 1.76 bits per heavy atom. The van der Waals surface area contributed by atoms with E-state index in [1.54, 1.807) is 12.1 Å². The molecule has 2 amide bonds. The average Bonchev–Trinajstić information content (AvgIpc) is 3.21. The van der Waals surface area contributed by atoms with Crippen LogP contribution in [-0.2, 0) is 17.9 Å². The summed E-state index contributed by atoms with van der Waals surface area (Å²) in [5.74, 6) is 1.31. The van der Waals surface area contributed by atoms with Gasteiger partial charge in [0.25, 0.3) is 5.91 Å². The summed E-state index contributed by atoms with van der Waals surface area (Å²) >= 11 is 0. The van der Waals surface area contributed by atoms with Crippen molar-refractivity contribution in [2.75, 3.05) is 19.6 Å². The van der Waals surface area contributed by atoms with Gasteiger partial charge in [0.2, 0.25) is 5.91 Å². The zero-order valence-electron chi connectivity index (χ0n) is 17.3. The highest BCUT2D eigenvalue weighted by atomic mass is 16.3. The van der Waals surface area contributed by atoms with Crippen LogP contribution in [0.1, 0.15) is 48.4 Å². The summed E-state index contributed by atoms with van der Waals surface area (Å²) in [7, 11) is 0. The van der Waals surface area contributed by atoms with Crippen molar-refractivity contribution in [1.82, 2.24) is 15.5 Å². The number of nitrogens with zero attached hydrogens (tertiary/aromatic N) is 1. The van der Waals surface area contributed by atoms with E-state index in [1.807, 2.05) is 6.07 Å². The first-order chi connectivity index (χ1) is 14.0. The van der Waals surface area contributed by atoms with Gasteiger partial charge in [-0.2, -0.15) is 0 Å². The molecule has 2 aromatic rings. The van der Waals surface area contributed by atoms with E-state index in [2.05, 4.69) is 47.6 Å². The minimum Gasteiger partial charge on any atom is -0.459 e. The number of piperidine rings is 1. The molecule has 0 aliphatic carbocycles. The summed E-state index contributed by atoms with van der Waals surface area (Å²) in [6.45, 7) is 8.58. The molecule has 1 fully saturated rings. The van der Waals surface area contributed by atoms with Crippen molar-refractivity contribution in [2.24, 2.45) is 11.8 Å². The Kier molecular flexibility index (Phi) is 7.47. The van der Waals surface area contributed by atoms with E-state index in [9.17, 15) is 9.59 Å². The van der Waals surface area contributed by atoms with Crippen LogP contribution in [0.2, 0.25) is 0 Å². The third-order valence-electron chi connectivity index (χ3n) is 5.32. The number of hydrogen-bond donors (Lipinski definition) is 2. The van der Waals surface area contributed by atoms with Gasteiger partial charge in [-0.25, -0.2) is 0 Å². The largest absolute Gasteiger partial charge is 0.459 e. The van der Waals surface area contributed by atoms with Crippen molar-refractivity contribution in [1.29, 1.82) is 0 Å². The molecule has 1 aliphatic rings. The molecule has 2 heterocycles. The minimum absolute atomic E-state index is 0.0836. The van der Waals surface area contributed by atoms with Crippen LogP contribution in [-0.4, -0.2) is 36.3 Å². The maximum Gasteiger partial charge on any atom is 0.286 e. The van der Waals surface area contributed by atoms with Gasteiger partial charge in [0.1, 0.15) is 0 Å². The molecule has 1 saturated heterocycles. The number of rotatable bonds is 8. The van der Waals surface area contributed by atoms with E-state index in [0.717, 1.165) is 37.0 Å². The molecule has 0 spiro atoms. The van der Waals surface area contributed by atoms with Gasteiger partial charge < -0.3 is 15.1 Å². The first kappa shape index (κ1) is 21.1. The molecule has 1 aliphatic heterocycles. The lowest BCUT2D eigenvalue weighted by Gasteiger charge is -2.35. The average molecular weight is 398 g/mol. The normalized spacial score (nSPS) is 19.7. The highest BCUT2D eigenvalue weighted by Crippen LogP contribution is 2.23. The Labute approximate surface area is 172 Å². The lowest BCUT2D eigenvalue weighted by atomic mass is 9.91. The van der Waals surface area contributed by atoms with Crippen molar-refractivity contribution in [2.45, 2.75) is 39.8 Å². The van der Waals surface area contributed by atoms with E-state index in [4.69, 9.17) is 4.42 Å². The first-order valence-corrected chi connectivity index (χ1v) is 10.4. The van der Waals surface area contributed by atoms with Crippen molar-refractivity contribution in [3.63, 3.8) is 0 Å².